The van der Waals surface area contributed by atoms with E-state index in [0.29, 0.717) is 17.7 Å². The molecule has 0 spiro atoms. The van der Waals surface area contributed by atoms with Crippen LogP contribution >= 0.6 is 0 Å². The molecule has 1 aliphatic rings. The molecule has 1 aliphatic heterocycles. The van der Waals surface area contributed by atoms with Crippen LogP contribution in [0.2, 0.25) is 0 Å². The first-order valence-electron chi connectivity index (χ1n) is 9.50. The summed E-state index contributed by atoms with van der Waals surface area (Å²) in [5.41, 5.74) is 5.05. The van der Waals surface area contributed by atoms with Gasteiger partial charge in [-0.2, -0.15) is 0 Å². The smallest absolute Gasteiger partial charge is 0.258 e. The van der Waals surface area contributed by atoms with Crippen LogP contribution in [0.5, 0.6) is 0 Å². The summed E-state index contributed by atoms with van der Waals surface area (Å²) < 4.78 is 0. The monoisotopic (exact) mass is 370 g/mol. The van der Waals surface area contributed by atoms with E-state index in [1.54, 1.807) is 6.07 Å². The van der Waals surface area contributed by atoms with Gasteiger partial charge in [0, 0.05) is 29.0 Å². The standard InChI is InChI=1S/C24H22N2O2/c1-17-8-5-6-12-21(17)25-23(27)20-13-14-22-19(16-20)11-7-15-26(22)24(28)18-9-3-2-4-10-18/h2-6,8-10,12-14,16H,7,11,15H2,1H3,(H,25,27). The molecule has 2 amide bonds. The van der Waals surface area contributed by atoms with Gasteiger partial charge in [0.1, 0.15) is 0 Å². The lowest BCUT2D eigenvalue weighted by Crippen LogP contribution is -2.35. The van der Waals surface area contributed by atoms with Gasteiger partial charge in [-0.3, -0.25) is 9.59 Å². The molecule has 0 aromatic heterocycles. The third kappa shape index (κ3) is 3.54. The van der Waals surface area contributed by atoms with Crippen molar-refractivity contribution in [2.45, 2.75) is 19.8 Å². The van der Waals surface area contributed by atoms with Crippen molar-refractivity contribution in [3.8, 4) is 0 Å². The molecule has 140 valence electrons. The number of aryl methyl sites for hydroxylation is 2. The average Bonchev–Trinajstić information content (AvgIpc) is 2.74. The Morgan fingerprint density at radius 3 is 2.43 bits per heavy atom. The molecule has 3 aromatic carbocycles. The molecule has 4 nitrogen and oxygen atoms in total. The van der Waals surface area contributed by atoms with E-state index >= 15 is 0 Å². The van der Waals surface area contributed by atoms with Crippen LogP contribution in [0.15, 0.2) is 72.8 Å². The van der Waals surface area contributed by atoms with Gasteiger partial charge >= 0.3 is 0 Å². The van der Waals surface area contributed by atoms with Crippen LogP contribution in [-0.4, -0.2) is 18.4 Å². The lowest BCUT2D eigenvalue weighted by molar-refractivity contribution is 0.0984. The van der Waals surface area contributed by atoms with E-state index < -0.39 is 0 Å². The number of amides is 2. The predicted molar refractivity (Wildman–Crippen MR) is 112 cm³/mol. The van der Waals surface area contributed by atoms with Crippen molar-refractivity contribution in [1.29, 1.82) is 0 Å². The maximum atomic E-state index is 12.9. The van der Waals surface area contributed by atoms with Gasteiger partial charge in [-0.15, -0.1) is 0 Å². The van der Waals surface area contributed by atoms with Gasteiger partial charge in [-0.05, 0) is 67.3 Å². The van der Waals surface area contributed by atoms with Gasteiger partial charge in [0.05, 0.1) is 0 Å². The molecule has 0 bridgehead atoms. The van der Waals surface area contributed by atoms with Crippen LogP contribution in [-0.2, 0) is 6.42 Å². The molecule has 28 heavy (non-hydrogen) atoms. The molecule has 0 unspecified atom stereocenters. The zero-order chi connectivity index (χ0) is 19.5. The summed E-state index contributed by atoms with van der Waals surface area (Å²) in [7, 11) is 0. The number of fused-ring (bicyclic) bond motifs is 1. The van der Waals surface area contributed by atoms with Crippen molar-refractivity contribution in [2.24, 2.45) is 0 Å². The first-order valence-corrected chi connectivity index (χ1v) is 9.50. The highest BCUT2D eigenvalue weighted by Crippen LogP contribution is 2.30. The van der Waals surface area contributed by atoms with Crippen molar-refractivity contribution in [1.82, 2.24) is 0 Å². The van der Waals surface area contributed by atoms with Crippen LogP contribution in [0.4, 0.5) is 11.4 Å². The number of anilines is 2. The lowest BCUT2D eigenvalue weighted by Gasteiger charge is -2.30. The van der Waals surface area contributed by atoms with Crippen molar-refractivity contribution in [2.75, 3.05) is 16.8 Å². The fourth-order valence-electron chi connectivity index (χ4n) is 3.59. The van der Waals surface area contributed by atoms with Crippen LogP contribution in [0.25, 0.3) is 0 Å². The lowest BCUT2D eigenvalue weighted by atomic mass is 9.98. The van der Waals surface area contributed by atoms with Gasteiger partial charge < -0.3 is 10.2 Å². The average molecular weight is 370 g/mol. The highest BCUT2D eigenvalue weighted by Gasteiger charge is 2.24. The first kappa shape index (κ1) is 18.0. The maximum absolute atomic E-state index is 12.9. The number of hydrogen-bond acceptors (Lipinski definition) is 2. The Balaban J connectivity index is 1.59. The molecule has 4 heteroatoms. The third-order valence-electron chi connectivity index (χ3n) is 5.12. The van der Waals surface area contributed by atoms with E-state index in [1.807, 2.05) is 78.6 Å². The van der Waals surface area contributed by atoms with Gasteiger partial charge in [0.15, 0.2) is 0 Å². The fraction of sp³-hybridized carbons (Fsp3) is 0.167. The number of nitrogens with zero attached hydrogens (tertiary/aromatic N) is 1. The summed E-state index contributed by atoms with van der Waals surface area (Å²) in [6.07, 6.45) is 1.74. The van der Waals surface area contributed by atoms with Crippen LogP contribution in [0, 0.1) is 6.92 Å². The minimum absolute atomic E-state index is 0.00124. The van der Waals surface area contributed by atoms with Crippen molar-refractivity contribution < 1.29 is 9.59 Å². The van der Waals surface area contributed by atoms with E-state index in [1.165, 1.54) is 0 Å². The molecule has 0 atom stereocenters. The fourth-order valence-corrected chi connectivity index (χ4v) is 3.59. The predicted octanol–water partition coefficient (Wildman–Crippen LogP) is 4.84. The molecule has 0 aliphatic carbocycles. The Kier molecular flexibility index (Phi) is 4.94. The number of nitrogens with one attached hydrogen (secondary N) is 1. The largest absolute Gasteiger partial charge is 0.322 e. The van der Waals surface area contributed by atoms with E-state index in [-0.39, 0.29) is 11.8 Å². The molecule has 0 saturated heterocycles. The zero-order valence-corrected chi connectivity index (χ0v) is 15.8. The first-order chi connectivity index (χ1) is 13.6. The molecule has 4 rings (SSSR count). The topological polar surface area (TPSA) is 49.4 Å². The summed E-state index contributed by atoms with van der Waals surface area (Å²) in [5, 5.41) is 2.97. The Bertz CT molecular complexity index is 1030. The highest BCUT2D eigenvalue weighted by molar-refractivity contribution is 6.08. The molecule has 0 radical (unpaired) electrons. The number of carbonyl (C=O) groups excluding carboxylic acids is 2. The molecule has 3 aromatic rings. The maximum Gasteiger partial charge on any atom is 0.258 e. The van der Waals surface area contributed by atoms with E-state index in [0.717, 1.165) is 35.3 Å². The molecule has 1 heterocycles. The molecular formula is C24H22N2O2. The van der Waals surface area contributed by atoms with Crippen molar-refractivity contribution in [3.05, 3.63) is 95.1 Å². The summed E-state index contributed by atoms with van der Waals surface area (Å²) in [5.74, 6) is -0.137. The summed E-state index contributed by atoms with van der Waals surface area (Å²) in [6, 6.07) is 22.6. The molecular weight excluding hydrogens is 348 g/mol. The van der Waals surface area contributed by atoms with E-state index in [9.17, 15) is 9.59 Å². The zero-order valence-electron chi connectivity index (χ0n) is 15.8. The quantitative estimate of drug-likeness (QED) is 0.717. The van der Waals surface area contributed by atoms with Crippen LogP contribution in [0.1, 0.15) is 38.3 Å². The number of carbonyl (C=O) groups is 2. The van der Waals surface area contributed by atoms with Crippen molar-refractivity contribution >= 4 is 23.2 Å². The third-order valence-corrected chi connectivity index (χ3v) is 5.12. The second kappa shape index (κ2) is 7.69. The summed E-state index contributed by atoms with van der Waals surface area (Å²) in [4.78, 5) is 27.4. The summed E-state index contributed by atoms with van der Waals surface area (Å²) in [6.45, 7) is 2.66. The summed E-state index contributed by atoms with van der Waals surface area (Å²) >= 11 is 0. The van der Waals surface area contributed by atoms with Gasteiger partial charge in [0.2, 0.25) is 0 Å². The van der Waals surface area contributed by atoms with E-state index in [2.05, 4.69) is 5.32 Å². The number of rotatable bonds is 3. The molecule has 0 saturated carbocycles. The van der Waals surface area contributed by atoms with Gasteiger partial charge in [-0.1, -0.05) is 36.4 Å². The Hall–Kier alpha value is -3.40. The Morgan fingerprint density at radius 1 is 0.893 bits per heavy atom. The minimum Gasteiger partial charge on any atom is -0.322 e. The van der Waals surface area contributed by atoms with Gasteiger partial charge in [0.25, 0.3) is 11.8 Å². The number of para-hydroxylation sites is 1. The minimum atomic E-state index is -0.136. The molecule has 1 N–H and O–H groups in total. The van der Waals surface area contributed by atoms with Gasteiger partial charge in [-0.25, -0.2) is 0 Å². The Labute approximate surface area is 164 Å². The SMILES string of the molecule is Cc1ccccc1NC(=O)c1ccc2c(c1)CCCN2C(=O)c1ccccc1. The number of hydrogen-bond donors (Lipinski definition) is 1. The highest BCUT2D eigenvalue weighted by atomic mass is 16.2. The van der Waals surface area contributed by atoms with Crippen LogP contribution in [0.3, 0.4) is 0 Å². The normalized spacial score (nSPS) is 13.0. The number of benzene rings is 3. The molecule has 0 fully saturated rings. The van der Waals surface area contributed by atoms with Crippen molar-refractivity contribution in [3.63, 3.8) is 0 Å². The Morgan fingerprint density at radius 2 is 1.64 bits per heavy atom. The second-order valence-electron chi connectivity index (χ2n) is 7.04. The van der Waals surface area contributed by atoms with Crippen LogP contribution < -0.4 is 10.2 Å². The second-order valence-corrected chi connectivity index (χ2v) is 7.04. The van der Waals surface area contributed by atoms with E-state index in [4.69, 9.17) is 0 Å².